The van der Waals surface area contributed by atoms with Crippen LogP contribution in [0.15, 0.2) is 70.6 Å². The van der Waals surface area contributed by atoms with E-state index in [1.165, 1.54) is 19.6 Å². The van der Waals surface area contributed by atoms with Crippen LogP contribution >= 0.6 is 0 Å². The minimum absolute atomic E-state index is 0.101. The molecule has 4 rings (SSSR count). The van der Waals surface area contributed by atoms with Crippen LogP contribution in [-0.2, 0) is 0 Å². The molecular formula is C23H21N5O2. The first kappa shape index (κ1) is 19.3. The highest BCUT2D eigenvalue weighted by molar-refractivity contribution is 6.15. The zero-order chi connectivity index (χ0) is 20.9. The highest BCUT2D eigenvalue weighted by Crippen LogP contribution is 2.36. The number of aromatic nitrogens is 2. The summed E-state index contributed by atoms with van der Waals surface area (Å²) in [6, 6.07) is 19.7. The number of nitrogens with two attached hydrogens (primary N) is 1. The molecule has 7 nitrogen and oxygen atoms in total. The van der Waals surface area contributed by atoms with Crippen LogP contribution in [0.4, 0.5) is 0 Å². The molecule has 7 heteroatoms. The van der Waals surface area contributed by atoms with Gasteiger partial charge in [0, 0.05) is 23.3 Å². The second-order valence-electron chi connectivity index (χ2n) is 6.61. The fraction of sp³-hybridized carbons (Fsp3) is 0.130. The maximum atomic E-state index is 12.5. The van der Waals surface area contributed by atoms with E-state index in [9.17, 15) is 4.79 Å². The summed E-state index contributed by atoms with van der Waals surface area (Å²) < 4.78 is 7.66. The maximum Gasteiger partial charge on any atom is 0.239 e. The van der Waals surface area contributed by atoms with Crippen LogP contribution in [0.2, 0.25) is 0 Å². The Kier molecular flexibility index (Phi) is 5.52. The number of carbonyl (C=O) groups excluding carboxylic acids is 1. The number of para-hydroxylation sites is 1. The third-order valence-electron chi connectivity index (χ3n) is 4.70. The first-order valence-electron chi connectivity index (χ1n) is 9.55. The molecule has 2 aromatic carbocycles. The van der Waals surface area contributed by atoms with Crippen LogP contribution in [0.25, 0.3) is 33.1 Å². The largest absolute Gasteiger partial charge is 0.474 e. The lowest BCUT2D eigenvalue weighted by Crippen LogP contribution is -2.09. The van der Waals surface area contributed by atoms with Crippen LogP contribution < -0.4 is 10.5 Å². The van der Waals surface area contributed by atoms with Crippen LogP contribution in [0.5, 0.6) is 5.88 Å². The Labute approximate surface area is 173 Å². The Morgan fingerprint density at radius 2 is 1.90 bits per heavy atom. The maximum absolute atomic E-state index is 12.5. The molecule has 0 radical (unpaired) electrons. The van der Waals surface area contributed by atoms with E-state index in [0.29, 0.717) is 17.9 Å². The lowest BCUT2D eigenvalue weighted by molar-refractivity contribution is 0.0945. The first-order valence-corrected chi connectivity index (χ1v) is 9.55. The molecule has 0 aliphatic carbocycles. The molecule has 150 valence electrons. The number of pyridine rings is 1. The number of fused-ring (bicyclic) bond motifs is 3. The van der Waals surface area contributed by atoms with E-state index in [1.807, 2.05) is 60.7 Å². The van der Waals surface area contributed by atoms with E-state index >= 15 is 0 Å². The number of ether oxygens (including phenoxy) is 1. The van der Waals surface area contributed by atoms with Crippen LogP contribution in [-0.4, -0.2) is 41.3 Å². The summed E-state index contributed by atoms with van der Waals surface area (Å²) in [6.07, 6.45) is 2.55. The zero-order valence-electron chi connectivity index (χ0n) is 16.5. The first-order chi connectivity index (χ1) is 14.7. The Balaban J connectivity index is 1.88. The third-order valence-corrected chi connectivity index (χ3v) is 4.70. The van der Waals surface area contributed by atoms with Crippen molar-refractivity contribution < 1.29 is 9.53 Å². The van der Waals surface area contributed by atoms with Gasteiger partial charge < -0.3 is 10.5 Å². The van der Waals surface area contributed by atoms with Gasteiger partial charge in [-0.1, -0.05) is 48.5 Å². The molecule has 2 aromatic heterocycles. The van der Waals surface area contributed by atoms with Gasteiger partial charge in [0.05, 0.1) is 24.1 Å². The number of rotatable bonds is 6. The Hall–Kier alpha value is -4.00. The Bertz CT molecular complexity index is 1260. The SMILES string of the molecule is CC(=O)n1c2ccccc2c2cc(-c3ccccc3)nc(OCCN=CN=CN)c21. The van der Waals surface area contributed by atoms with Crippen molar-refractivity contribution >= 4 is 40.4 Å². The predicted molar refractivity (Wildman–Crippen MR) is 121 cm³/mol. The van der Waals surface area contributed by atoms with E-state index in [0.717, 1.165) is 27.5 Å². The lowest BCUT2D eigenvalue weighted by Gasteiger charge is -2.11. The molecule has 0 saturated heterocycles. The zero-order valence-corrected chi connectivity index (χ0v) is 16.5. The second kappa shape index (κ2) is 8.57. The van der Waals surface area contributed by atoms with E-state index in [-0.39, 0.29) is 12.5 Å². The van der Waals surface area contributed by atoms with Gasteiger partial charge >= 0.3 is 0 Å². The molecule has 0 bridgehead atoms. The minimum atomic E-state index is -0.101. The summed E-state index contributed by atoms with van der Waals surface area (Å²) in [5.74, 6) is 0.297. The van der Waals surface area contributed by atoms with E-state index in [2.05, 4.69) is 9.98 Å². The van der Waals surface area contributed by atoms with Gasteiger partial charge in [-0.05, 0) is 12.1 Å². The van der Waals surface area contributed by atoms with Gasteiger partial charge in [-0.3, -0.25) is 14.4 Å². The van der Waals surface area contributed by atoms with Crippen molar-refractivity contribution in [2.75, 3.05) is 13.2 Å². The number of carbonyl (C=O) groups is 1. The van der Waals surface area contributed by atoms with E-state index in [1.54, 1.807) is 4.57 Å². The normalized spacial score (nSPS) is 11.8. The fourth-order valence-electron chi connectivity index (χ4n) is 3.48. The highest BCUT2D eigenvalue weighted by Gasteiger charge is 2.20. The standard InChI is InChI=1S/C23H21N5O2/c1-16(29)28-21-10-6-5-9-18(21)19-13-20(17-7-3-2-4-8-17)27-23(22(19)28)30-12-11-25-15-26-14-24/h2-10,13-15H,11-12H2,1H3,(H2,24,25,26). The number of hydrogen-bond donors (Lipinski definition) is 1. The van der Waals surface area contributed by atoms with Crippen molar-refractivity contribution in [3.63, 3.8) is 0 Å². The van der Waals surface area contributed by atoms with Crippen molar-refractivity contribution in [1.29, 1.82) is 0 Å². The average Bonchev–Trinajstić information content (AvgIpc) is 3.11. The molecule has 2 N–H and O–H groups in total. The molecule has 0 saturated carbocycles. The molecule has 2 heterocycles. The third kappa shape index (κ3) is 3.65. The van der Waals surface area contributed by atoms with Gasteiger partial charge in [-0.25, -0.2) is 9.98 Å². The van der Waals surface area contributed by atoms with Gasteiger partial charge in [0.25, 0.3) is 0 Å². The van der Waals surface area contributed by atoms with Crippen molar-refractivity contribution in [2.45, 2.75) is 6.92 Å². The number of nitrogens with zero attached hydrogens (tertiary/aromatic N) is 4. The van der Waals surface area contributed by atoms with Gasteiger partial charge in [0.2, 0.25) is 11.8 Å². The monoisotopic (exact) mass is 399 g/mol. The predicted octanol–water partition coefficient (Wildman–Crippen LogP) is 3.91. The lowest BCUT2D eigenvalue weighted by atomic mass is 10.1. The van der Waals surface area contributed by atoms with E-state index < -0.39 is 0 Å². The number of aliphatic imine (C=N–C) groups is 2. The van der Waals surface area contributed by atoms with Crippen molar-refractivity contribution in [2.24, 2.45) is 15.7 Å². The molecule has 30 heavy (non-hydrogen) atoms. The second-order valence-corrected chi connectivity index (χ2v) is 6.61. The Morgan fingerprint density at radius 1 is 1.13 bits per heavy atom. The number of hydrogen-bond acceptors (Lipinski definition) is 4. The summed E-state index contributed by atoms with van der Waals surface area (Å²) >= 11 is 0. The van der Waals surface area contributed by atoms with Gasteiger partial charge in [-0.2, -0.15) is 0 Å². The summed E-state index contributed by atoms with van der Waals surface area (Å²) in [5.41, 5.74) is 8.43. The molecule has 0 unspecified atom stereocenters. The highest BCUT2D eigenvalue weighted by atomic mass is 16.5. The topological polar surface area (TPSA) is 94.9 Å². The smallest absolute Gasteiger partial charge is 0.239 e. The van der Waals surface area contributed by atoms with Crippen molar-refractivity contribution in [3.8, 4) is 17.1 Å². The van der Waals surface area contributed by atoms with Crippen LogP contribution in [0.3, 0.4) is 0 Å². The summed E-state index contributed by atoms with van der Waals surface area (Å²) in [6.45, 7) is 2.21. The molecule has 0 atom stereocenters. The van der Waals surface area contributed by atoms with Crippen molar-refractivity contribution in [3.05, 3.63) is 60.7 Å². The van der Waals surface area contributed by atoms with Crippen LogP contribution in [0.1, 0.15) is 11.7 Å². The quantitative estimate of drug-likeness (QED) is 0.302. The molecule has 0 amide bonds. The molecule has 0 spiro atoms. The van der Waals surface area contributed by atoms with Crippen molar-refractivity contribution in [1.82, 2.24) is 9.55 Å². The van der Waals surface area contributed by atoms with E-state index in [4.69, 9.17) is 15.5 Å². The number of benzene rings is 2. The fourth-order valence-corrected chi connectivity index (χ4v) is 3.48. The molecule has 0 aliphatic rings. The van der Waals surface area contributed by atoms with Gasteiger partial charge in [0.1, 0.15) is 18.5 Å². The molecular weight excluding hydrogens is 378 g/mol. The Morgan fingerprint density at radius 3 is 2.67 bits per heavy atom. The summed E-state index contributed by atoms with van der Waals surface area (Å²) in [5, 5.41) is 1.89. The average molecular weight is 399 g/mol. The van der Waals surface area contributed by atoms with Crippen LogP contribution in [0, 0.1) is 0 Å². The minimum Gasteiger partial charge on any atom is -0.474 e. The molecule has 4 aromatic rings. The van der Waals surface area contributed by atoms with Gasteiger partial charge in [0.15, 0.2) is 0 Å². The molecule has 0 aliphatic heterocycles. The van der Waals surface area contributed by atoms with Gasteiger partial charge in [-0.15, -0.1) is 0 Å². The molecule has 0 fully saturated rings. The summed E-state index contributed by atoms with van der Waals surface area (Å²) in [4.78, 5) is 25.1. The summed E-state index contributed by atoms with van der Waals surface area (Å²) in [7, 11) is 0.